The monoisotopic (exact) mass is 418 g/mol. The van der Waals surface area contributed by atoms with E-state index in [4.69, 9.17) is 19.6 Å². The maximum Gasteiger partial charge on any atom is 0.159 e. The molecule has 9 nitrogen and oxygen atoms in total. The third kappa shape index (κ3) is 3.71. The average Bonchev–Trinajstić information content (AvgIpc) is 3.30. The highest BCUT2D eigenvalue weighted by atomic mass is 16.5. The van der Waals surface area contributed by atoms with Gasteiger partial charge in [-0.15, -0.1) is 0 Å². The lowest BCUT2D eigenvalue weighted by Crippen LogP contribution is -2.31. The molecule has 2 aromatic heterocycles. The third-order valence-electron chi connectivity index (χ3n) is 5.10. The van der Waals surface area contributed by atoms with E-state index >= 15 is 0 Å². The maximum atomic E-state index is 8.94. The predicted octanol–water partition coefficient (Wildman–Crippen LogP) is 3.26. The van der Waals surface area contributed by atoms with E-state index in [0.29, 0.717) is 25.4 Å². The zero-order valence-electron chi connectivity index (χ0n) is 17.0. The number of aliphatic hydroxyl groups is 1. The number of H-pyrrole nitrogens is 1. The molecular weight excluding hydrogens is 396 g/mol. The van der Waals surface area contributed by atoms with Gasteiger partial charge in [0.25, 0.3) is 0 Å². The zero-order chi connectivity index (χ0) is 21.2. The SMILES string of the molecule is COc1ccc2nc(Nc3ccc4c(c3)N=C(NCCCO)CO4)c3n[nH]cc3c2c1. The lowest BCUT2D eigenvalue weighted by atomic mass is 10.1. The Morgan fingerprint density at radius 3 is 3.00 bits per heavy atom. The molecule has 9 heteroatoms. The van der Waals surface area contributed by atoms with E-state index in [2.05, 4.69) is 25.8 Å². The van der Waals surface area contributed by atoms with Crippen LogP contribution in [0.4, 0.5) is 17.2 Å². The summed E-state index contributed by atoms with van der Waals surface area (Å²) in [6.07, 6.45) is 2.52. The van der Waals surface area contributed by atoms with Crippen molar-refractivity contribution < 1.29 is 14.6 Å². The number of hydrogen-bond acceptors (Lipinski definition) is 8. The number of aromatic amines is 1. The predicted molar refractivity (Wildman–Crippen MR) is 120 cm³/mol. The number of nitrogens with one attached hydrogen (secondary N) is 3. The Kier molecular flexibility index (Phi) is 5.01. The van der Waals surface area contributed by atoms with Crippen LogP contribution in [0.5, 0.6) is 11.5 Å². The van der Waals surface area contributed by atoms with Crippen molar-refractivity contribution in [2.45, 2.75) is 6.42 Å². The number of benzene rings is 2. The number of aliphatic imine (C=N–C) groups is 1. The summed E-state index contributed by atoms with van der Waals surface area (Å²) < 4.78 is 11.1. The van der Waals surface area contributed by atoms with Crippen molar-refractivity contribution in [3.63, 3.8) is 0 Å². The molecular formula is C22H22N6O3. The van der Waals surface area contributed by atoms with E-state index in [1.807, 2.05) is 42.6 Å². The van der Waals surface area contributed by atoms with Gasteiger partial charge in [-0.1, -0.05) is 0 Å². The summed E-state index contributed by atoms with van der Waals surface area (Å²) in [4.78, 5) is 9.41. The topological polar surface area (TPSA) is 117 Å². The number of aliphatic hydroxyl groups excluding tert-OH is 1. The first-order valence-electron chi connectivity index (χ1n) is 10.0. The van der Waals surface area contributed by atoms with Crippen molar-refractivity contribution in [1.29, 1.82) is 0 Å². The Bertz CT molecular complexity index is 1280. The minimum atomic E-state index is 0.138. The molecule has 0 unspecified atom stereocenters. The van der Waals surface area contributed by atoms with Crippen LogP contribution in [0.25, 0.3) is 21.8 Å². The van der Waals surface area contributed by atoms with Crippen LogP contribution in [-0.4, -0.2) is 53.0 Å². The Hall–Kier alpha value is -3.85. The second kappa shape index (κ2) is 8.11. The second-order valence-corrected chi connectivity index (χ2v) is 7.15. The van der Waals surface area contributed by atoms with Crippen molar-refractivity contribution in [1.82, 2.24) is 20.5 Å². The number of hydrogen-bond donors (Lipinski definition) is 4. The molecule has 5 rings (SSSR count). The van der Waals surface area contributed by atoms with Gasteiger partial charge in [0.1, 0.15) is 35.1 Å². The highest BCUT2D eigenvalue weighted by molar-refractivity contribution is 6.09. The van der Waals surface area contributed by atoms with Gasteiger partial charge in [0, 0.05) is 35.8 Å². The molecule has 0 bridgehead atoms. The van der Waals surface area contributed by atoms with Crippen LogP contribution >= 0.6 is 0 Å². The molecule has 0 radical (unpaired) electrons. The van der Waals surface area contributed by atoms with Crippen molar-refractivity contribution in [2.24, 2.45) is 4.99 Å². The van der Waals surface area contributed by atoms with Crippen LogP contribution in [0.1, 0.15) is 6.42 Å². The summed E-state index contributed by atoms with van der Waals surface area (Å²) in [6, 6.07) is 11.5. The van der Waals surface area contributed by atoms with Gasteiger partial charge in [-0.3, -0.25) is 5.10 Å². The molecule has 31 heavy (non-hydrogen) atoms. The highest BCUT2D eigenvalue weighted by Crippen LogP contribution is 2.36. The minimum absolute atomic E-state index is 0.138. The first kappa shape index (κ1) is 19.1. The van der Waals surface area contributed by atoms with Gasteiger partial charge < -0.3 is 25.2 Å². The van der Waals surface area contributed by atoms with Crippen molar-refractivity contribution >= 4 is 44.8 Å². The standard InChI is InChI=1S/C22H22N6O3/c1-30-14-4-5-17-15(10-14)16-11-24-28-21(16)22(27-17)25-13-3-6-19-18(9-13)26-20(12-31-19)23-7-2-8-29/h3-6,9-11,29H,2,7-8,12H2,1H3,(H,23,26)(H,24,28)(H,25,27). The third-order valence-corrected chi connectivity index (χ3v) is 5.10. The number of amidine groups is 1. The van der Waals surface area contributed by atoms with E-state index in [1.165, 1.54) is 0 Å². The number of methoxy groups -OCH3 is 1. The molecule has 158 valence electrons. The van der Waals surface area contributed by atoms with Gasteiger partial charge in [-0.25, -0.2) is 9.98 Å². The number of ether oxygens (including phenoxy) is 2. The van der Waals surface area contributed by atoms with E-state index in [9.17, 15) is 0 Å². The Labute approximate surface area is 178 Å². The lowest BCUT2D eigenvalue weighted by Gasteiger charge is -2.19. The smallest absolute Gasteiger partial charge is 0.159 e. The van der Waals surface area contributed by atoms with E-state index in [1.54, 1.807) is 7.11 Å². The zero-order valence-corrected chi connectivity index (χ0v) is 17.0. The number of rotatable bonds is 6. The molecule has 1 aliphatic rings. The van der Waals surface area contributed by atoms with E-state index in [-0.39, 0.29) is 6.61 Å². The number of nitrogens with zero attached hydrogens (tertiary/aromatic N) is 3. The molecule has 3 heterocycles. The second-order valence-electron chi connectivity index (χ2n) is 7.15. The first-order valence-corrected chi connectivity index (χ1v) is 10.0. The van der Waals surface area contributed by atoms with Crippen molar-refractivity contribution in [3.8, 4) is 11.5 Å². The van der Waals surface area contributed by atoms with Gasteiger partial charge in [0.2, 0.25) is 0 Å². The van der Waals surface area contributed by atoms with Gasteiger partial charge in [-0.05, 0) is 42.8 Å². The minimum Gasteiger partial charge on any atom is -0.497 e. The molecule has 0 aliphatic carbocycles. The first-order chi connectivity index (χ1) is 15.2. The van der Waals surface area contributed by atoms with Crippen LogP contribution in [-0.2, 0) is 0 Å². The lowest BCUT2D eigenvalue weighted by molar-refractivity contribution is 0.288. The summed E-state index contributed by atoms with van der Waals surface area (Å²) in [5.41, 5.74) is 3.13. The average molecular weight is 418 g/mol. The molecule has 0 atom stereocenters. The molecule has 4 aromatic rings. The fourth-order valence-electron chi connectivity index (χ4n) is 3.56. The number of anilines is 2. The van der Waals surface area contributed by atoms with Gasteiger partial charge >= 0.3 is 0 Å². The normalized spacial score (nSPS) is 12.9. The van der Waals surface area contributed by atoms with Crippen LogP contribution in [0.15, 0.2) is 47.6 Å². The van der Waals surface area contributed by atoms with Gasteiger partial charge in [0.05, 0.1) is 12.6 Å². The highest BCUT2D eigenvalue weighted by Gasteiger charge is 2.16. The number of fused-ring (bicyclic) bond motifs is 4. The molecule has 0 spiro atoms. The largest absolute Gasteiger partial charge is 0.497 e. The molecule has 4 N–H and O–H groups in total. The molecule has 0 saturated carbocycles. The van der Waals surface area contributed by atoms with Crippen LogP contribution in [0.3, 0.4) is 0 Å². The molecule has 1 aliphatic heterocycles. The number of aromatic nitrogens is 3. The van der Waals surface area contributed by atoms with E-state index < -0.39 is 0 Å². The summed E-state index contributed by atoms with van der Waals surface area (Å²) in [7, 11) is 1.65. The van der Waals surface area contributed by atoms with Crippen LogP contribution in [0.2, 0.25) is 0 Å². The fourth-order valence-corrected chi connectivity index (χ4v) is 3.56. The summed E-state index contributed by atoms with van der Waals surface area (Å²) in [6.45, 7) is 1.17. The Balaban J connectivity index is 1.48. The van der Waals surface area contributed by atoms with Crippen molar-refractivity contribution in [3.05, 3.63) is 42.6 Å². The van der Waals surface area contributed by atoms with E-state index in [0.717, 1.165) is 50.5 Å². The molecule has 0 saturated heterocycles. The van der Waals surface area contributed by atoms with Crippen LogP contribution in [0, 0.1) is 0 Å². The Morgan fingerprint density at radius 2 is 2.13 bits per heavy atom. The maximum absolute atomic E-state index is 8.94. The molecule has 2 aromatic carbocycles. The quantitative estimate of drug-likeness (QED) is 0.355. The molecule has 0 fully saturated rings. The van der Waals surface area contributed by atoms with Gasteiger partial charge in [0.15, 0.2) is 5.82 Å². The summed E-state index contributed by atoms with van der Waals surface area (Å²) in [5, 5.41) is 24.8. The Morgan fingerprint density at radius 1 is 1.19 bits per heavy atom. The summed E-state index contributed by atoms with van der Waals surface area (Å²) >= 11 is 0. The fraction of sp³-hybridized carbons (Fsp3) is 0.227. The number of pyridine rings is 1. The van der Waals surface area contributed by atoms with Crippen molar-refractivity contribution in [2.75, 3.05) is 32.2 Å². The molecule has 0 amide bonds. The van der Waals surface area contributed by atoms with Gasteiger partial charge in [-0.2, -0.15) is 5.10 Å². The van der Waals surface area contributed by atoms with Crippen LogP contribution < -0.4 is 20.1 Å². The summed E-state index contributed by atoms with van der Waals surface area (Å²) in [5.74, 6) is 2.89.